The molecule has 1 aromatic heterocycles. The zero-order valence-electron chi connectivity index (χ0n) is 11.5. The Morgan fingerprint density at radius 1 is 1.00 bits per heavy atom. The van der Waals surface area contributed by atoms with Gasteiger partial charge in [0, 0.05) is 12.6 Å². The fourth-order valence-electron chi connectivity index (χ4n) is 2.15. The molecular weight excluding hydrogens is 262 g/mol. The second-order valence-corrected chi connectivity index (χ2v) is 4.51. The van der Waals surface area contributed by atoms with Crippen LogP contribution in [-0.2, 0) is 0 Å². The number of hydrogen-bond donors (Lipinski definition) is 1. The summed E-state index contributed by atoms with van der Waals surface area (Å²) in [7, 11) is 1.70. The van der Waals surface area contributed by atoms with Gasteiger partial charge in [-0.15, -0.1) is 0 Å². The van der Waals surface area contributed by atoms with Crippen LogP contribution in [0.25, 0.3) is 22.6 Å². The van der Waals surface area contributed by atoms with Crippen LogP contribution >= 0.6 is 0 Å². The number of anilines is 1. The van der Waals surface area contributed by atoms with E-state index in [0.29, 0.717) is 11.8 Å². The Labute approximate surface area is 122 Å². The molecule has 0 unspecified atom stereocenters. The lowest BCUT2D eigenvalue weighted by Gasteiger charge is -2.03. The van der Waals surface area contributed by atoms with Crippen LogP contribution in [0, 0.1) is 11.3 Å². The molecule has 0 aliphatic rings. The molecule has 0 saturated carbocycles. The highest BCUT2D eigenvalue weighted by atomic mass is 16.4. The summed E-state index contributed by atoms with van der Waals surface area (Å²) >= 11 is 0. The van der Waals surface area contributed by atoms with Crippen molar-refractivity contribution < 1.29 is 4.42 Å². The molecule has 0 saturated heterocycles. The zero-order valence-corrected chi connectivity index (χ0v) is 11.5. The van der Waals surface area contributed by atoms with E-state index in [1.54, 1.807) is 7.05 Å². The number of rotatable bonds is 3. The Morgan fingerprint density at radius 2 is 1.71 bits per heavy atom. The Balaban J connectivity index is 2.04. The third kappa shape index (κ3) is 2.49. The van der Waals surface area contributed by atoms with Gasteiger partial charge in [0.25, 0.3) is 0 Å². The fraction of sp³-hybridized carbons (Fsp3) is 0.0588. The van der Waals surface area contributed by atoms with Crippen LogP contribution in [-0.4, -0.2) is 12.0 Å². The molecule has 3 rings (SSSR count). The second kappa shape index (κ2) is 5.51. The van der Waals surface area contributed by atoms with Gasteiger partial charge in [0.2, 0.25) is 17.5 Å². The zero-order chi connectivity index (χ0) is 14.7. The normalized spacial score (nSPS) is 10.1. The van der Waals surface area contributed by atoms with Crippen LogP contribution in [0.2, 0.25) is 0 Å². The monoisotopic (exact) mass is 275 g/mol. The predicted octanol–water partition coefficient (Wildman–Crippen LogP) is 3.92. The van der Waals surface area contributed by atoms with Crippen LogP contribution in [0.5, 0.6) is 0 Å². The van der Waals surface area contributed by atoms with Crippen LogP contribution < -0.4 is 5.32 Å². The van der Waals surface area contributed by atoms with E-state index in [4.69, 9.17) is 9.68 Å². The van der Waals surface area contributed by atoms with Gasteiger partial charge in [0.05, 0.1) is 0 Å². The molecule has 0 aliphatic heterocycles. The van der Waals surface area contributed by atoms with Gasteiger partial charge >= 0.3 is 0 Å². The number of nitrogens with one attached hydrogen (secondary N) is 1. The van der Waals surface area contributed by atoms with Crippen molar-refractivity contribution in [2.45, 2.75) is 0 Å². The Morgan fingerprint density at radius 3 is 2.38 bits per heavy atom. The van der Waals surface area contributed by atoms with Crippen molar-refractivity contribution in [2.75, 3.05) is 12.4 Å². The number of oxazole rings is 1. The summed E-state index contributed by atoms with van der Waals surface area (Å²) in [6.07, 6.45) is 0. The first-order valence-corrected chi connectivity index (χ1v) is 6.56. The largest absolute Gasteiger partial charge is 0.419 e. The van der Waals surface area contributed by atoms with Crippen LogP contribution in [0.1, 0.15) is 5.69 Å². The summed E-state index contributed by atoms with van der Waals surface area (Å²) in [5.41, 5.74) is 3.31. The summed E-state index contributed by atoms with van der Waals surface area (Å²) in [5.74, 6) is 0.825. The highest BCUT2D eigenvalue weighted by Gasteiger charge is 2.13. The van der Waals surface area contributed by atoms with Crippen LogP contribution in [0.15, 0.2) is 59.0 Å². The van der Waals surface area contributed by atoms with Crippen LogP contribution in [0.4, 0.5) is 5.88 Å². The average Bonchev–Trinajstić information content (AvgIpc) is 2.99. The van der Waals surface area contributed by atoms with Gasteiger partial charge in [0.15, 0.2) is 0 Å². The summed E-state index contributed by atoms with van der Waals surface area (Å²) in [6, 6.07) is 20.0. The van der Waals surface area contributed by atoms with Crippen molar-refractivity contribution in [2.24, 2.45) is 0 Å². The molecule has 0 fully saturated rings. The average molecular weight is 275 g/mol. The molecule has 2 aromatic carbocycles. The lowest BCUT2D eigenvalue weighted by atomic mass is 10.0. The van der Waals surface area contributed by atoms with Crippen molar-refractivity contribution in [1.29, 1.82) is 5.26 Å². The van der Waals surface area contributed by atoms with Crippen molar-refractivity contribution >= 4 is 5.88 Å². The summed E-state index contributed by atoms with van der Waals surface area (Å²) in [6.45, 7) is 0. The molecule has 3 aromatic rings. The lowest BCUT2D eigenvalue weighted by Crippen LogP contribution is -1.87. The molecule has 21 heavy (non-hydrogen) atoms. The van der Waals surface area contributed by atoms with Crippen molar-refractivity contribution in [3.05, 3.63) is 60.3 Å². The first-order valence-electron chi connectivity index (χ1n) is 6.56. The van der Waals surface area contributed by atoms with Crippen LogP contribution in [0.3, 0.4) is 0 Å². The Bertz CT molecular complexity index is 800. The predicted molar refractivity (Wildman–Crippen MR) is 81.6 cm³/mol. The molecule has 0 atom stereocenters. The van der Waals surface area contributed by atoms with E-state index in [0.717, 1.165) is 16.7 Å². The minimum Gasteiger partial charge on any atom is -0.419 e. The minimum atomic E-state index is 0.262. The van der Waals surface area contributed by atoms with Gasteiger partial charge in [-0.2, -0.15) is 10.2 Å². The fourth-order valence-corrected chi connectivity index (χ4v) is 2.15. The minimum absolute atomic E-state index is 0.262. The molecule has 1 N–H and O–H groups in total. The van der Waals surface area contributed by atoms with E-state index in [1.807, 2.05) is 48.5 Å². The third-order valence-corrected chi connectivity index (χ3v) is 3.18. The topological polar surface area (TPSA) is 61.9 Å². The van der Waals surface area contributed by atoms with E-state index in [-0.39, 0.29) is 5.69 Å². The van der Waals surface area contributed by atoms with Crippen molar-refractivity contribution in [3.63, 3.8) is 0 Å². The van der Waals surface area contributed by atoms with Gasteiger partial charge in [-0.25, -0.2) is 0 Å². The molecule has 0 radical (unpaired) electrons. The second-order valence-electron chi connectivity index (χ2n) is 4.51. The SMILES string of the molecule is CNc1oc(-c2cccc(-c3ccccc3)c2)nc1C#N. The van der Waals surface area contributed by atoms with Crippen molar-refractivity contribution in [3.8, 4) is 28.7 Å². The standard InChI is InChI=1S/C17H13N3O/c1-19-17-15(11-18)20-16(21-17)14-9-5-8-13(10-14)12-6-3-2-4-7-12/h2-10,19H,1H3. The smallest absolute Gasteiger partial charge is 0.232 e. The Hall–Kier alpha value is -3.06. The van der Waals surface area contributed by atoms with E-state index >= 15 is 0 Å². The molecule has 0 amide bonds. The summed E-state index contributed by atoms with van der Waals surface area (Å²) < 4.78 is 5.59. The van der Waals surface area contributed by atoms with Gasteiger partial charge < -0.3 is 9.73 Å². The van der Waals surface area contributed by atoms with Crippen molar-refractivity contribution in [1.82, 2.24) is 4.98 Å². The van der Waals surface area contributed by atoms with E-state index in [2.05, 4.69) is 22.4 Å². The molecule has 4 nitrogen and oxygen atoms in total. The molecule has 4 heteroatoms. The highest BCUT2D eigenvalue weighted by Crippen LogP contribution is 2.28. The van der Waals surface area contributed by atoms with E-state index in [1.165, 1.54) is 0 Å². The number of nitriles is 1. The lowest BCUT2D eigenvalue weighted by molar-refractivity contribution is 0.589. The number of hydrogen-bond acceptors (Lipinski definition) is 4. The first-order chi connectivity index (χ1) is 10.3. The molecule has 0 aliphatic carbocycles. The van der Waals surface area contributed by atoms with E-state index in [9.17, 15) is 0 Å². The number of benzene rings is 2. The van der Waals surface area contributed by atoms with Gasteiger partial charge in [-0.05, 0) is 23.3 Å². The van der Waals surface area contributed by atoms with Gasteiger partial charge in [-0.1, -0.05) is 42.5 Å². The molecule has 102 valence electrons. The molecule has 0 spiro atoms. The number of aromatic nitrogens is 1. The maximum Gasteiger partial charge on any atom is 0.232 e. The summed E-state index contributed by atoms with van der Waals surface area (Å²) in [5, 5.41) is 11.9. The summed E-state index contributed by atoms with van der Waals surface area (Å²) in [4.78, 5) is 4.21. The first kappa shape index (κ1) is 12.9. The Kier molecular flexibility index (Phi) is 3.40. The highest BCUT2D eigenvalue weighted by molar-refractivity contribution is 5.70. The third-order valence-electron chi connectivity index (χ3n) is 3.18. The number of nitrogens with zero attached hydrogens (tertiary/aromatic N) is 2. The molecule has 0 bridgehead atoms. The van der Waals surface area contributed by atoms with Gasteiger partial charge in [-0.3, -0.25) is 0 Å². The van der Waals surface area contributed by atoms with E-state index < -0.39 is 0 Å². The van der Waals surface area contributed by atoms with Gasteiger partial charge in [0.1, 0.15) is 6.07 Å². The maximum atomic E-state index is 9.03. The quantitative estimate of drug-likeness (QED) is 0.787. The molecular formula is C17H13N3O. The maximum absolute atomic E-state index is 9.03. The molecule has 1 heterocycles.